The lowest BCUT2D eigenvalue weighted by Crippen LogP contribution is -2.47. The number of unbranched alkanes of at least 4 members (excludes halogenated alkanes) is 38. The average Bonchev–Trinajstić information content (AvgIpc) is 3.69. The van der Waals surface area contributed by atoms with Gasteiger partial charge >= 0.3 is 5.97 Å². The fourth-order valence-corrected chi connectivity index (χ4v) is 11.1. The number of quaternary nitrogens is 1. The molecular formula is C76H139N2O7P. The molecule has 0 aromatic rings. The third kappa shape index (κ3) is 65.6. The molecule has 3 atom stereocenters. The van der Waals surface area contributed by atoms with E-state index in [2.05, 4.69) is 99.0 Å². The molecule has 86 heavy (non-hydrogen) atoms. The van der Waals surface area contributed by atoms with Gasteiger partial charge in [0.15, 0.2) is 0 Å². The number of nitrogens with one attached hydrogen (secondary N) is 1. The van der Waals surface area contributed by atoms with Gasteiger partial charge in [0, 0.05) is 12.8 Å². The summed E-state index contributed by atoms with van der Waals surface area (Å²) >= 11 is 0. The Balaban J connectivity index is 5.06. The van der Waals surface area contributed by atoms with Crippen LogP contribution in [0.25, 0.3) is 0 Å². The number of phosphoric ester groups is 1. The van der Waals surface area contributed by atoms with Crippen LogP contribution in [0.15, 0.2) is 85.1 Å². The number of amides is 1. The van der Waals surface area contributed by atoms with E-state index in [4.69, 9.17) is 13.8 Å². The summed E-state index contributed by atoms with van der Waals surface area (Å²) in [5, 5.41) is 3.04. The molecule has 0 aromatic carbocycles. The maximum absolute atomic E-state index is 13.6. The Labute approximate surface area is 533 Å². The smallest absolute Gasteiger partial charge is 0.306 e. The van der Waals surface area contributed by atoms with Crippen molar-refractivity contribution in [2.75, 3.05) is 40.9 Å². The second-order valence-electron chi connectivity index (χ2n) is 25.7. The Hall–Kier alpha value is -2.81. The highest BCUT2D eigenvalue weighted by Crippen LogP contribution is 2.38. The first-order chi connectivity index (χ1) is 41.9. The Morgan fingerprint density at radius 2 is 0.709 bits per heavy atom. The molecule has 1 N–H and O–H groups in total. The molecule has 0 radical (unpaired) electrons. The monoisotopic (exact) mass is 1220 g/mol. The molecule has 0 bridgehead atoms. The van der Waals surface area contributed by atoms with Crippen LogP contribution in [0.2, 0.25) is 0 Å². The van der Waals surface area contributed by atoms with Gasteiger partial charge in [-0.25, -0.2) is 0 Å². The van der Waals surface area contributed by atoms with Crippen molar-refractivity contribution < 1.29 is 37.3 Å². The lowest BCUT2D eigenvalue weighted by molar-refractivity contribution is -0.870. The summed E-state index contributed by atoms with van der Waals surface area (Å²) in [4.78, 5) is 40.2. The first kappa shape index (κ1) is 83.2. The number of rotatable bonds is 66. The first-order valence-electron chi connectivity index (χ1n) is 36.4. The van der Waals surface area contributed by atoms with E-state index in [0.29, 0.717) is 17.4 Å². The predicted molar refractivity (Wildman–Crippen MR) is 371 cm³/mol. The molecule has 0 saturated heterocycles. The number of phosphoric acid groups is 1. The van der Waals surface area contributed by atoms with Crippen molar-refractivity contribution in [1.29, 1.82) is 0 Å². The van der Waals surface area contributed by atoms with Crippen LogP contribution >= 0.6 is 7.82 Å². The quantitative estimate of drug-likeness (QED) is 0.0212. The Morgan fingerprint density at radius 3 is 1.08 bits per heavy atom. The zero-order chi connectivity index (χ0) is 62.8. The zero-order valence-electron chi connectivity index (χ0n) is 57.3. The number of esters is 1. The molecule has 0 rings (SSSR count). The molecule has 0 aliphatic heterocycles. The van der Waals surface area contributed by atoms with E-state index >= 15 is 0 Å². The predicted octanol–water partition coefficient (Wildman–Crippen LogP) is 22.7. The highest BCUT2D eigenvalue weighted by molar-refractivity contribution is 7.45. The van der Waals surface area contributed by atoms with Gasteiger partial charge in [0.1, 0.15) is 19.3 Å². The van der Waals surface area contributed by atoms with Crippen molar-refractivity contribution in [3.8, 4) is 0 Å². The standard InChI is InChI=1S/C76H139N2O7P/c1-7-10-13-16-19-22-25-28-30-32-34-36-38-39-41-42-44-46-48-50-53-56-59-62-65-68-75(79)77-73(72-84-86(81,82)83-71-70-78(4,5)6)74(67-64-61-58-55-52-27-24-21-18-15-12-9-3)85-76(80)69-66-63-60-57-54-51-49-47-45-43-40-37-35-33-31-29-26-23-20-17-14-11-8-2/h19-20,22-23,28-31,34,36,39,41,64,67,73-74H,7-18,21,24-27,32-33,35,37-38,40,42-63,65-66,68-72H2,1-6H3,(H-,77,79,81,82)/b22-19-,23-20-,30-28-,31-29-,36-34-,41-39-,67-64+. The van der Waals surface area contributed by atoms with Gasteiger partial charge in [0.2, 0.25) is 5.91 Å². The van der Waals surface area contributed by atoms with Gasteiger partial charge in [-0.15, -0.1) is 0 Å². The minimum atomic E-state index is -4.71. The number of carbonyl (C=O) groups is 2. The molecule has 3 unspecified atom stereocenters. The molecule has 0 heterocycles. The summed E-state index contributed by atoms with van der Waals surface area (Å²) in [7, 11) is 1.18. The molecule has 1 amide bonds. The van der Waals surface area contributed by atoms with Crippen molar-refractivity contribution in [2.24, 2.45) is 0 Å². The molecule has 500 valence electrons. The molecular weight excluding hydrogens is 1080 g/mol. The van der Waals surface area contributed by atoms with E-state index in [-0.39, 0.29) is 24.9 Å². The van der Waals surface area contributed by atoms with E-state index < -0.39 is 26.6 Å². The zero-order valence-corrected chi connectivity index (χ0v) is 58.2. The van der Waals surface area contributed by atoms with Crippen LogP contribution in [0.4, 0.5) is 0 Å². The van der Waals surface area contributed by atoms with Crippen LogP contribution < -0.4 is 10.2 Å². The lowest BCUT2D eigenvalue weighted by Gasteiger charge is -2.30. The fraction of sp³-hybridized carbons (Fsp3) is 0.789. The lowest BCUT2D eigenvalue weighted by atomic mass is 10.0. The maximum atomic E-state index is 13.6. The minimum absolute atomic E-state index is 0.0258. The van der Waals surface area contributed by atoms with Crippen molar-refractivity contribution in [3.05, 3.63) is 85.1 Å². The van der Waals surface area contributed by atoms with Crippen LogP contribution in [-0.4, -0.2) is 69.4 Å². The summed E-state index contributed by atoms with van der Waals surface area (Å²) < 4.78 is 30.5. The molecule has 0 saturated carbocycles. The summed E-state index contributed by atoms with van der Waals surface area (Å²) in [6, 6.07) is -0.896. The SMILES string of the molecule is CCCCC/C=C\C/C=C\C/C=C\C/C=C\CCCCCCCCCCCC(=O)NC(COP(=O)([O-])OCC[N+](C)(C)C)C(/C=C/CCCCCCCCCCCC)OC(=O)CCCCCCCCCCCCCCC/C=C\C/C=C\CCCCC. The number of hydrogen-bond acceptors (Lipinski definition) is 7. The Bertz CT molecular complexity index is 1750. The maximum Gasteiger partial charge on any atom is 0.306 e. The van der Waals surface area contributed by atoms with Crippen LogP contribution in [-0.2, 0) is 27.9 Å². The third-order valence-electron chi connectivity index (χ3n) is 16.0. The summed E-state index contributed by atoms with van der Waals surface area (Å²) in [5.41, 5.74) is 0. The second kappa shape index (κ2) is 65.2. The second-order valence-corrected chi connectivity index (χ2v) is 27.1. The number of carbonyl (C=O) groups excluding carboxylic acids is 2. The van der Waals surface area contributed by atoms with E-state index in [1.807, 2.05) is 33.3 Å². The van der Waals surface area contributed by atoms with E-state index in [9.17, 15) is 19.0 Å². The topological polar surface area (TPSA) is 114 Å². The van der Waals surface area contributed by atoms with Gasteiger partial charge in [-0.05, 0) is 109 Å². The number of likely N-dealkylation sites (N-methyl/N-ethyl adjacent to an activating group) is 1. The minimum Gasteiger partial charge on any atom is -0.756 e. The van der Waals surface area contributed by atoms with E-state index in [1.165, 1.54) is 205 Å². The van der Waals surface area contributed by atoms with Crippen molar-refractivity contribution in [3.63, 3.8) is 0 Å². The highest BCUT2D eigenvalue weighted by atomic mass is 31.2. The Morgan fingerprint density at radius 1 is 0.407 bits per heavy atom. The molecule has 0 aromatic heterocycles. The molecule has 9 nitrogen and oxygen atoms in total. The van der Waals surface area contributed by atoms with Gasteiger partial charge < -0.3 is 28.5 Å². The molecule has 0 aliphatic rings. The number of nitrogens with zero attached hydrogens (tertiary/aromatic N) is 1. The number of hydrogen-bond donors (Lipinski definition) is 1. The van der Waals surface area contributed by atoms with E-state index in [1.54, 1.807) is 0 Å². The van der Waals surface area contributed by atoms with Gasteiger partial charge in [0.25, 0.3) is 7.82 Å². The van der Waals surface area contributed by atoms with Crippen molar-refractivity contribution in [2.45, 2.75) is 348 Å². The number of ether oxygens (including phenoxy) is 1. The number of allylic oxidation sites excluding steroid dienone is 13. The largest absolute Gasteiger partial charge is 0.756 e. The van der Waals surface area contributed by atoms with Crippen LogP contribution in [0, 0.1) is 0 Å². The van der Waals surface area contributed by atoms with Gasteiger partial charge in [0.05, 0.1) is 33.8 Å². The molecule has 10 heteroatoms. The molecule has 0 aliphatic carbocycles. The van der Waals surface area contributed by atoms with Crippen LogP contribution in [0.3, 0.4) is 0 Å². The van der Waals surface area contributed by atoms with Crippen molar-refractivity contribution in [1.82, 2.24) is 5.32 Å². The Kier molecular flexibility index (Phi) is 63.0. The van der Waals surface area contributed by atoms with Crippen LogP contribution in [0.5, 0.6) is 0 Å². The normalized spacial score (nSPS) is 14.0. The van der Waals surface area contributed by atoms with E-state index in [0.717, 1.165) is 96.3 Å². The first-order valence-corrected chi connectivity index (χ1v) is 37.9. The average molecular weight is 1220 g/mol. The van der Waals surface area contributed by atoms with Gasteiger partial charge in [-0.2, -0.15) is 0 Å². The third-order valence-corrected chi connectivity index (χ3v) is 17.0. The van der Waals surface area contributed by atoms with Crippen LogP contribution in [0.1, 0.15) is 335 Å². The highest BCUT2D eigenvalue weighted by Gasteiger charge is 2.27. The molecule has 0 spiro atoms. The summed E-state index contributed by atoms with van der Waals surface area (Å²) in [6.07, 6.45) is 87.0. The fourth-order valence-electron chi connectivity index (χ4n) is 10.4. The summed E-state index contributed by atoms with van der Waals surface area (Å²) in [5.74, 6) is -0.541. The van der Waals surface area contributed by atoms with Crippen molar-refractivity contribution >= 4 is 19.7 Å². The molecule has 0 fully saturated rings. The summed E-state index contributed by atoms with van der Waals surface area (Å²) in [6.45, 7) is 6.82. The van der Waals surface area contributed by atoms with Gasteiger partial charge in [-0.3, -0.25) is 14.2 Å². The van der Waals surface area contributed by atoms with Gasteiger partial charge in [-0.1, -0.05) is 299 Å².